The average Bonchev–Trinajstić information content (AvgIpc) is 2.73. The fraction of sp³-hybridized carbons (Fsp3) is 0.667. The lowest BCUT2D eigenvalue weighted by molar-refractivity contribution is 0.0950. The molecule has 0 fully saturated rings. The lowest BCUT2D eigenvalue weighted by Gasteiger charge is -2.17. The summed E-state index contributed by atoms with van der Waals surface area (Å²) in [4.78, 5) is 17.0. The van der Waals surface area contributed by atoms with Crippen LogP contribution in [0.25, 0.3) is 0 Å². The van der Waals surface area contributed by atoms with Crippen molar-refractivity contribution in [3.63, 3.8) is 0 Å². The molecule has 1 aromatic rings. The number of carbonyl (C=O) groups excluding carboxylic acids is 1. The minimum atomic E-state index is -0.105. The van der Waals surface area contributed by atoms with Gasteiger partial charge in [-0.2, -0.15) is 0 Å². The molecule has 0 saturated heterocycles. The van der Waals surface area contributed by atoms with Crippen LogP contribution in [0.15, 0.2) is 5.51 Å². The Hall–Kier alpha value is -0.940. The topological polar surface area (TPSA) is 68.0 Å². The van der Waals surface area contributed by atoms with Gasteiger partial charge in [0.05, 0.1) is 11.2 Å². The van der Waals surface area contributed by atoms with Crippen molar-refractivity contribution < 1.29 is 4.79 Å². The molecule has 5 heteroatoms. The summed E-state index contributed by atoms with van der Waals surface area (Å²) in [7, 11) is 0. The van der Waals surface area contributed by atoms with Gasteiger partial charge in [-0.1, -0.05) is 27.7 Å². The third kappa shape index (κ3) is 3.78. The van der Waals surface area contributed by atoms with Crippen LogP contribution < -0.4 is 11.1 Å². The molecule has 3 N–H and O–H groups in total. The Kier molecular flexibility index (Phi) is 4.65. The molecule has 1 aromatic heterocycles. The zero-order valence-electron chi connectivity index (χ0n) is 10.9. The Morgan fingerprint density at radius 1 is 1.59 bits per heavy atom. The van der Waals surface area contributed by atoms with Gasteiger partial charge in [0.1, 0.15) is 4.88 Å². The maximum absolute atomic E-state index is 12.0. The first-order valence-electron chi connectivity index (χ1n) is 5.78. The molecule has 0 aliphatic heterocycles. The maximum Gasteiger partial charge on any atom is 0.263 e. The zero-order valence-corrected chi connectivity index (χ0v) is 11.7. The number of hydrogen-bond donors (Lipinski definition) is 2. The highest BCUT2D eigenvalue weighted by Crippen LogP contribution is 2.26. The van der Waals surface area contributed by atoms with Gasteiger partial charge in [-0.3, -0.25) is 4.79 Å². The van der Waals surface area contributed by atoms with Crippen LogP contribution in [0.1, 0.15) is 43.1 Å². The molecule has 0 aliphatic rings. The van der Waals surface area contributed by atoms with Crippen LogP contribution in [-0.2, 0) is 5.41 Å². The number of rotatable bonds is 4. The van der Waals surface area contributed by atoms with E-state index in [-0.39, 0.29) is 11.3 Å². The minimum absolute atomic E-state index is 0.0438. The van der Waals surface area contributed by atoms with Gasteiger partial charge in [0.25, 0.3) is 5.91 Å². The van der Waals surface area contributed by atoms with Crippen LogP contribution in [0.4, 0.5) is 0 Å². The molecular formula is C12H21N3OS. The first-order chi connectivity index (χ1) is 7.86. The van der Waals surface area contributed by atoms with Crippen molar-refractivity contribution in [3.8, 4) is 0 Å². The van der Waals surface area contributed by atoms with Crippen LogP contribution in [0.5, 0.6) is 0 Å². The summed E-state index contributed by atoms with van der Waals surface area (Å²) < 4.78 is 0. The van der Waals surface area contributed by atoms with E-state index in [9.17, 15) is 4.79 Å². The van der Waals surface area contributed by atoms with Crippen LogP contribution in [0, 0.1) is 5.92 Å². The van der Waals surface area contributed by atoms with Gasteiger partial charge in [0.2, 0.25) is 0 Å². The molecule has 1 rings (SSSR count). The molecule has 0 spiro atoms. The lowest BCUT2D eigenvalue weighted by Crippen LogP contribution is -2.32. The van der Waals surface area contributed by atoms with E-state index in [1.165, 1.54) is 11.3 Å². The number of carbonyl (C=O) groups is 1. The van der Waals surface area contributed by atoms with Crippen LogP contribution in [0.2, 0.25) is 0 Å². The van der Waals surface area contributed by atoms with Crippen molar-refractivity contribution in [3.05, 3.63) is 16.1 Å². The van der Waals surface area contributed by atoms with Gasteiger partial charge >= 0.3 is 0 Å². The van der Waals surface area contributed by atoms with Gasteiger partial charge in [-0.25, -0.2) is 4.98 Å². The predicted molar refractivity (Wildman–Crippen MR) is 71.4 cm³/mol. The maximum atomic E-state index is 12.0. The Labute approximate surface area is 107 Å². The van der Waals surface area contributed by atoms with E-state index in [4.69, 9.17) is 5.73 Å². The third-order valence-corrected chi connectivity index (χ3v) is 3.32. The van der Waals surface area contributed by atoms with E-state index in [1.807, 2.05) is 6.92 Å². The second kappa shape index (κ2) is 5.60. The SMILES string of the molecule is CC(CN)CNC(=O)c1scnc1C(C)(C)C. The summed E-state index contributed by atoms with van der Waals surface area (Å²) in [6, 6.07) is 0. The van der Waals surface area contributed by atoms with Crippen LogP contribution in [0.3, 0.4) is 0 Å². The summed E-state index contributed by atoms with van der Waals surface area (Å²) in [6.07, 6.45) is 0. The van der Waals surface area contributed by atoms with E-state index in [1.54, 1.807) is 5.51 Å². The number of thiazole rings is 1. The van der Waals surface area contributed by atoms with Gasteiger partial charge in [-0.15, -0.1) is 11.3 Å². The molecule has 0 radical (unpaired) electrons. The Bertz CT molecular complexity index is 381. The van der Waals surface area contributed by atoms with Crippen LogP contribution >= 0.6 is 11.3 Å². The lowest BCUT2D eigenvalue weighted by atomic mass is 9.91. The second-order valence-electron chi connectivity index (χ2n) is 5.33. The first-order valence-corrected chi connectivity index (χ1v) is 6.66. The number of hydrogen-bond acceptors (Lipinski definition) is 4. The quantitative estimate of drug-likeness (QED) is 0.861. The van der Waals surface area contributed by atoms with E-state index in [2.05, 4.69) is 31.1 Å². The number of nitrogens with zero attached hydrogens (tertiary/aromatic N) is 1. The van der Waals surface area contributed by atoms with E-state index in [0.29, 0.717) is 23.9 Å². The number of amides is 1. The molecule has 1 atom stereocenters. The van der Waals surface area contributed by atoms with Gasteiger partial charge in [0, 0.05) is 12.0 Å². The molecule has 0 aromatic carbocycles. The zero-order chi connectivity index (χ0) is 13.1. The minimum Gasteiger partial charge on any atom is -0.351 e. The third-order valence-electron chi connectivity index (χ3n) is 2.50. The smallest absolute Gasteiger partial charge is 0.263 e. The van der Waals surface area contributed by atoms with Crippen LogP contribution in [-0.4, -0.2) is 24.0 Å². The van der Waals surface area contributed by atoms with Crippen molar-refractivity contribution in [2.24, 2.45) is 11.7 Å². The molecule has 1 unspecified atom stereocenters. The normalized spacial score (nSPS) is 13.5. The van der Waals surface area contributed by atoms with Crippen molar-refractivity contribution in [2.75, 3.05) is 13.1 Å². The molecule has 1 amide bonds. The standard InChI is InChI=1S/C12H21N3OS/c1-8(5-13)6-14-11(16)9-10(12(2,3)4)15-7-17-9/h7-8H,5-6,13H2,1-4H3,(H,14,16). The molecule has 17 heavy (non-hydrogen) atoms. The second-order valence-corrected chi connectivity index (χ2v) is 6.19. The Morgan fingerprint density at radius 2 is 2.24 bits per heavy atom. The van der Waals surface area contributed by atoms with Gasteiger partial charge in [-0.05, 0) is 12.5 Å². The van der Waals surface area contributed by atoms with Crippen molar-refractivity contribution >= 4 is 17.2 Å². The van der Waals surface area contributed by atoms with Crippen molar-refractivity contribution in [2.45, 2.75) is 33.1 Å². The monoisotopic (exact) mass is 255 g/mol. The first kappa shape index (κ1) is 14.1. The summed E-state index contributed by atoms with van der Waals surface area (Å²) in [5.41, 5.74) is 8.00. The fourth-order valence-electron chi connectivity index (χ4n) is 1.37. The Balaban J connectivity index is 2.73. The predicted octanol–water partition coefficient (Wildman–Crippen LogP) is 1.77. The highest BCUT2D eigenvalue weighted by Gasteiger charge is 2.24. The van der Waals surface area contributed by atoms with Crippen molar-refractivity contribution in [1.29, 1.82) is 0 Å². The number of aromatic nitrogens is 1. The molecule has 1 heterocycles. The molecular weight excluding hydrogens is 234 g/mol. The van der Waals surface area contributed by atoms with E-state index in [0.717, 1.165) is 5.69 Å². The highest BCUT2D eigenvalue weighted by molar-refractivity contribution is 7.11. The summed E-state index contributed by atoms with van der Waals surface area (Å²) in [5, 5.41) is 2.90. The summed E-state index contributed by atoms with van der Waals surface area (Å²) in [5.74, 6) is 0.252. The number of nitrogens with one attached hydrogen (secondary N) is 1. The molecule has 0 bridgehead atoms. The Morgan fingerprint density at radius 3 is 2.76 bits per heavy atom. The largest absolute Gasteiger partial charge is 0.351 e. The average molecular weight is 255 g/mol. The summed E-state index contributed by atoms with van der Waals surface area (Å²) >= 11 is 1.39. The fourth-order valence-corrected chi connectivity index (χ4v) is 2.29. The summed E-state index contributed by atoms with van der Waals surface area (Å²) in [6.45, 7) is 9.37. The molecule has 96 valence electrons. The highest BCUT2D eigenvalue weighted by atomic mass is 32.1. The molecule has 0 saturated carbocycles. The number of nitrogens with two attached hydrogens (primary N) is 1. The van der Waals surface area contributed by atoms with Gasteiger partial charge < -0.3 is 11.1 Å². The molecule has 0 aliphatic carbocycles. The molecule has 4 nitrogen and oxygen atoms in total. The van der Waals surface area contributed by atoms with E-state index < -0.39 is 0 Å². The van der Waals surface area contributed by atoms with Gasteiger partial charge in [0.15, 0.2) is 0 Å². The van der Waals surface area contributed by atoms with E-state index >= 15 is 0 Å². The van der Waals surface area contributed by atoms with Crippen molar-refractivity contribution in [1.82, 2.24) is 10.3 Å².